The maximum atomic E-state index is 11.3. The number of carbonyl (C=O) groups excluding carboxylic acids is 2. The van der Waals surface area contributed by atoms with Crippen molar-refractivity contribution in [2.75, 3.05) is 6.54 Å². The first-order chi connectivity index (χ1) is 7.98. The van der Waals surface area contributed by atoms with E-state index in [-0.39, 0.29) is 18.2 Å². The van der Waals surface area contributed by atoms with Gasteiger partial charge in [0.2, 0.25) is 11.8 Å². The van der Waals surface area contributed by atoms with Crippen molar-refractivity contribution in [1.29, 1.82) is 0 Å². The Morgan fingerprint density at radius 2 is 2.06 bits per heavy atom. The minimum absolute atomic E-state index is 0.186. The molecule has 17 heavy (non-hydrogen) atoms. The van der Waals surface area contributed by atoms with Gasteiger partial charge in [0.05, 0.1) is 18.1 Å². The molecule has 96 valence electrons. The fourth-order valence-corrected chi connectivity index (χ4v) is 2.51. The van der Waals surface area contributed by atoms with Gasteiger partial charge in [-0.2, -0.15) is 0 Å². The number of imide groups is 1. The Morgan fingerprint density at radius 3 is 2.59 bits per heavy atom. The van der Waals surface area contributed by atoms with Crippen LogP contribution in [0, 0.1) is 5.92 Å². The molecule has 0 aromatic rings. The van der Waals surface area contributed by atoms with Gasteiger partial charge in [0.1, 0.15) is 0 Å². The van der Waals surface area contributed by atoms with Crippen molar-refractivity contribution in [2.24, 2.45) is 5.92 Å². The molecular formula is C12H20N2O3. The highest BCUT2D eigenvalue weighted by molar-refractivity contribution is 6.05. The molecule has 0 bridgehead atoms. The summed E-state index contributed by atoms with van der Waals surface area (Å²) >= 11 is 0. The Kier molecular flexibility index (Phi) is 3.49. The van der Waals surface area contributed by atoms with Crippen molar-refractivity contribution in [3.05, 3.63) is 0 Å². The van der Waals surface area contributed by atoms with Crippen molar-refractivity contribution >= 4 is 11.8 Å². The molecule has 0 aromatic heterocycles. The third kappa shape index (κ3) is 3.04. The van der Waals surface area contributed by atoms with E-state index in [4.69, 9.17) is 0 Å². The van der Waals surface area contributed by atoms with E-state index in [0.717, 1.165) is 25.7 Å². The number of nitrogens with one attached hydrogen (secondary N) is 2. The first-order valence-electron chi connectivity index (χ1n) is 6.28. The van der Waals surface area contributed by atoms with Crippen LogP contribution in [-0.2, 0) is 9.59 Å². The standard InChI is InChI=1S/C12H20N2O3/c1-8-2-4-12(17,5-3-8)7-13-9-6-10(15)14-11(9)16/h8-9,13,17H,2-7H2,1H3,(H,14,15,16). The van der Waals surface area contributed by atoms with Crippen LogP contribution in [0.3, 0.4) is 0 Å². The summed E-state index contributed by atoms with van der Waals surface area (Å²) in [4.78, 5) is 22.3. The van der Waals surface area contributed by atoms with E-state index >= 15 is 0 Å². The van der Waals surface area contributed by atoms with Crippen molar-refractivity contribution in [2.45, 2.75) is 50.7 Å². The van der Waals surface area contributed by atoms with Crippen LogP contribution in [0.25, 0.3) is 0 Å². The van der Waals surface area contributed by atoms with Crippen LogP contribution in [0.2, 0.25) is 0 Å². The van der Waals surface area contributed by atoms with Gasteiger partial charge in [0.15, 0.2) is 0 Å². The van der Waals surface area contributed by atoms with Crippen LogP contribution >= 0.6 is 0 Å². The summed E-state index contributed by atoms with van der Waals surface area (Å²) in [5.74, 6) is 0.158. The van der Waals surface area contributed by atoms with Crippen molar-refractivity contribution in [3.8, 4) is 0 Å². The van der Waals surface area contributed by atoms with Crippen molar-refractivity contribution in [1.82, 2.24) is 10.6 Å². The molecular weight excluding hydrogens is 220 g/mol. The minimum Gasteiger partial charge on any atom is -0.389 e. The summed E-state index contributed by atoms with van der Waals surface area (Å²) < 4.78 is 0. The Hall–Kier alpha value is -0.940. The predicted octanol–water partition coefficient (Wildman–Crippen LogP) is -0.0677. The minimum atomic E-state index is -0.710. The van der Waals surface area contributed by atoms with Gasteiger partial charge in [-0.1, -0.05) is 6.92 Å². The van der Waals surface area contributed by atoms with Crippen LogP contribution < -0.4 is 10.6 Å². The van der Waals surface area contributed by atoms with Gasteiger partial charge >= 0.3 is 0 Å². The first kappa shape index (κ1) is 12.5. The lowest BCUT2D eigenvalue weighted by Gasteiger charge is -2.35. The molecule has 1 saturated carbocycles. The van der Waals surface area contributed by atoms with E-state index in [1.807, 2.05) is 0 Å². The topological polar surface area (TPSA) is 78.4 Å². The average Bonchev–Trinajstić information content (AvgIpc) is 2.60. The molecule has 2 rings (SSSR count). The Balaban J connectivity index is 1.81. The van der Waals surface area contributed by atoms with Crippen molar-refractivity contribution in [3.63, 3.8) is 0 Å². The second-order valence-corrected chi connectivity index (χ2v) is 5.46. The molecule has 0 radical (unpaired) electrons. The number of carbonyl (C=O) groups is 2. The number of hydrogen-bond acceptors (Lipinski definition) is 4. The maximum absolute atomic E-state index is 11.3. The summed E-state index contributed by atoms with van der Waals surface area (Å²) in [6.07, 6.45) is 3.76. The van der Waals surface area contributed by atoms with E-state index in [2.05, 4.69) is 17.6 Å². The number of amides is 2. The molecule has 2 fully saturated rings. The van der Waals surface area contributed by atoms with Crippen LogP contribution in [0.5, 0.6) is 0 Å². The fraction of sp³-hybridized carbons (Fsp3) is 0.833. The zero-order valence-corrected chi connectivity index (χ0v) is 10.2. The van der Waals surface area contributed by atoms with Crippen LogP contribution in [0.4, 0.5) is 0 Å². The lowest BCUT2D eigenvalue weighted by Crippen LogP contribution is -2.48. The van der Waals surface area contributed by atoms with Gasteiger partial charge in [-0.05, 0) is 31.6 Å². The highest BCUT2D eigenvalue weighted by Gasteiger charge is 2.35. The van der Waals surface area contributed by atoms with Crippen LogP contribution in [0.15, 0.2) is 0 Å². The van der Waals surface area contributed by atoms with Gasteiger partial charge in [-0.25, -0.2) is 0 Å². The maximum Gasteiger partial charge on any atom is 0.244 e. The third-order valence-electron chi connectivity index (χ3n) is 3.85. The summed E-state index contributed by atoms with van der Waals surface area (Å²) in [5, 5.41) is 15.6. The number of rotatable bonds is 3. The van der Waals surface area contributed by atoms with E-state index in [0.29, 0.717) is 12.5 Å². The molecule has 5 heteroatoms. The molecule has 1 atom stereocenters. The molecule has 1 unspecified atom stereocenters. The van der Waals surface area contributed by atoms with E-state index in [9.17, 15) is 14.7 Å². The Labute approximate surface area is 101 Å². The highest BCUT2D eigenvalue weighted by Crippen LogP contribution is 2.31. The molecule has 5 nitrogen and oxygen atoms in total. The van der Waals surface area contributed by atoms with Gasteiger partial charge < -0.3 is 10.4 Å². The van der Waals surface area contributed by atoms with Gasteiger partial charge in [0, 0.05) is 6.54 Å². The van der Waals surface area contributed by atoms with Crippen LogP contribution in [0.1, 0.15) is 39.0 Å². The predicted molar refractivity (Wildman–Crippen MR) is 62.1 cm³/mol. The van der Waals surface area contributed by atoms with E-state index in [1.165, 1.54) is 0 Å². The SMILES string of the molecule is CC1CCC(O)(CNC2CC(=O)NC2=O)CC1. The monoisotopic (exact) mass is 240 g/mol. The average molecular weight is 240 g/mol. The molecule has 0 spiro atoms. The molecule has 3 N–H and O–H groups in total. The molecule has 1 heterocycles. The molecule has 1 saturated heterocycles. The third-order valence-corrected chi connectivity index (χ3v) is 3.85. The highest BCUT2D eigenvalue weighted by atomic mass is 16.3. The van der Waals surface area contributed by atoms with Gasteiger partial charge in [0.25, 0.3) is 0 Å². The van der Waals surface area contributed by atoms with Gasteiger partial charge in [-0.3, -0.25) is 14.9 Å². The zero-order valence-electron chi connectivity index (χ0n) is 10.2. The summed E-state index contributed by atoms with van der Waals surface area (Å²) in [7, 11) is 0. The Bertz CT molecular complexity index is 322. The second kappa shape index (κ2) is 4.74. The lowest BCUT2D eigenvalue weighted by atomic mass is 9.79. The largest absolute Gasteiger partial charge is 0.389 e. The van der Waals surface area contributed by atoms with Crippen molar-refractivity contribution < 1.29 is 14.7 Å². The fourth-order valence-electron chi connectivity index (χ4n) is 2.51. The summed E-state index contributed by atoms with van der Waals surface area (Å²) in [6, 6.07) is -0.467. The van der Waals surface area contributed by atoms with E-state index < -0.39 is 11.6 Å². The van der Waals surface area contributed by atoms with E-state index in [1.54, 1.807) is 0 Å². The zero-order chi connectivity index (χ0) is 12.5. The Morgan fingerprint density at radius 1 is 1.41 bits per heavy atom. The molecule has 0 aromatic carbocycles. The molecule has 1 aliphatic carbocycles. The molecule has 2 amide bonds. The summed E-state index contributed by atoms with van der Waals surface area (Å²) in [6.45, 7) is 2.58. The van der Waals surface area contributed by atoms with Gasteiger partial charge in [-0.15, -0.1) is 0 Å². The normalized spacial score (nSPS) is 38.2. The smallest absolute Gasteiger partial charge is 0.244 e. The molecule has 1 aliphatic heterocycles. The lowest BCUT2D eigenvalue weighted by molar-refractivity contribution is -0.125. The molecule has 2 aliphatic rings. The number of hydrogen-bond donors (Lipinski definition) is 3. The second-order valence-electron chi connectivity index (χ2n) is 5.46. The number of aliphatic hydroxyl groups is 1. The quantitative estimate of drug-likeness (QED) is 0.604. The first-order valence-corrected chi connectivity index (χ1v) is 6.28. The summed E-state index contributed by atoms with van der Waals surface area (Å²) in [5.41, 5.74) is -0.710. The van der Waals surface area contributed by atoms with Crippen LogP contribution in [-0.4, -0.2) is 35.1 Å².